The van der Waals surface area contributed by atoms with Crippen LogP contribution >= 0.6 is 0 Å². The van der Waals surface area contributed by atoms with Gasteiger partial charge in [0, 0.05) is 5.69 Å². The molecule has 2 aromatic rings. The highest BCUT2D eigenvalue weighted by Crippen LogP contribution is 2.29. The lowest BCUT2D eigenvalue weighted by Crippen LogP contribution is -2.42. The summed E-state index contributed by atoms with van der Waals surface area (Å²) in [5, 5.41) is 5.30. The maximum absolute atomic E-state index is 12.9. The molecule has 8 heteroatoms. The number of rotatable bonds is 6. The fraction of sp³-hybridized carbons (Fsp3) is 0.304. The molecule has 1 saturated heterocycles. The summed E-state index contributed by atoms with van der Waals surface area (Å²) in [5.41, 5.74) is 1.90. The fourth-order valence-electron chi connectivity index (χ4n) is 3.31. The van der Waals surface area contributed by atoms with Crippen molar-refractivity contribution in [3.05, 3.63) is 65.2 Å². The molecule has 0 aromatic heterocycles. The zero-order valence-corrected chi connectivity index (χ0v) is 17.9. The number of ether oxygens (including phenoxy) is 1. The second-order valence-electron chi connectivity index (χ2n) is 7.80. The number of esters is 1. The molecule has 8 nitrogen and oxygen atoms in total. The minimum absolute atomic E-state index is 0.513. The van der Waals surface area contributed by atoms with Gasteiger partial charge in [0.1, 0.15) is 12.1 Å². The van der Waals surface area contributed by atoms with E-state index in [0.29, 0.717) is 11.3 Å². The molecule has 1 aliphatic heterocycles. The summed E-state index contributed by atoms with van der Waals surface area (Å²) in [6, 6.07) is 13.7. The quantitative estimate of drug-likeness (QED) is 0.549. The van der Waals surface area contributed by atoms with Gasteiger partial charge in [-0.1, -0.05) is 42.0 Å². The number of nitrogens with zero attached hydrogens (tertiary/aromatic N) is 1. The maximum Gasteiger partial charge on any atom is 0.327 e. The average molecular weight is 423 g/mol. The minimum atomic E-state index is -1.28. The lowest BCUT2D eigenvalue weighted by Gasteiger charge is -2.22. The van der Waals surface area contributed by atoms with Crippen LogP contribution in [0, 0.1) is 13.8 Å². The van der Waals surface area contributed by atoms with Crippen molar-refractivity contribution in [3.63, 3.8) is 0 Å². The van der Waals surface area contributed by atoms with E-state index in [-0.39, 0.29) is 0 Å². The van der Waals surface area contributed by atoms with Crippen LogP contribution in [0.5, 0.6) is 0 Å². The normalized spacial score (nSPS) is 19.0. The van der Waals surface area contributed by atoms with Crippen molar-refractivity contribution in [2.24, 2.45) is 0 Å². The van der Waals surface area contributed by atoms with E-state index in [9.17, 15) is 19.2 Å². The number of hydrogen-bond donors (Lipinski definition) is 2. The van der Waals surface area contributed by atoms with Crippen molar-refractivity contribution in [2.75, 3.05) is 11.9 Å². The molecule has 1 heterocycles. The number of carbonyl (C=O) groups excluding carboxylic acids is 4. The second-order valence-corrected chi connectivity index (χ2v) is 7.80. The first-order valence-electron chi connectivity index (χ1n) is 9.88. The number of imide groups is 1. The Hall–Kier alpha value is -3.68. The topological polar surface area (TPSA) is 105 Å². The third kappa shape index (κ3) is 4.74. The van der Waals surface area contributed by atoms with Gasteiger partial charge < -0.3 is 15.4 Å². The molecule has 31 heavy (non-hydrogen) atoms. The molecule has 162 valence electrons. The second kappa shape index (κ2) is 8.59. The maximum atomic E-state index is 12.9. The first-order chi connectivity index (χ1) is 14.6. The molecule has 1 aliphatic rings. The van der Waals surface area contributed by atoms with Crippen LogP contribution in [-0.4, -0.2) is 41.4 Å². The van der Waals surface area contributed by atoms with Crippen LogP contribution in [0.1, 0.15) is 30.5 Å². The molecule has 0 radical (unpaired) electrons. The number of amides is 4. The standard InChI is InChI=1S/C23H25N3O5/c1-14-8-10-17(11-9-14)23(4)21(29)26(22(30)25-23)13-19(27)31-16(3)20(28)24-18-7-5-6-15(2)12-18/h5-12,16H,13H2,1-4H3,(H,24,28)(H,25,30)/t16-,23+/m0/s1. The van der Waals surface area contributed by atoms with Crippen molar-refractivity contribution >= 4 is 29.5 Å². The van der Waals surface area contributed by atoms with Crippen LogP contribution in [0.3, 0.4) is 0 Å². The van der Waals surface area contributed by atoms with Crippen molar-refractivity contribution in [2.45, 2.75) is 39.3 Å². The summed E-state index contributed by atoms with van der Waals surface area (Å²) < 4.78 is 5.14. The van der Waals surface area contributed by atoms with E-state index < -0.39 is 42.0 Å². The van der Waals surface area contributed by atoms with Gasteiger partial charge in [0.2, 0.25) is 0 Å². The number of aryl methyl sites for hydroxylation is 2. The molecular weight excluding hydrogens is 398 g/mol. The Bertz CT molecular complexity index is 1030. The highest BCUT2D eigenvalue weighted by molar-refractivity contribution is 6.09. The number of nitrogens with one attached hydrogen (secondary N) is 2. The Morgan fingerprint density at radius 2 is 1.77 bits per heavy atom. The molecule has 2 atom stereocenters. The monoisotopic (exact) mass is 423 g/mol. The van der Waals surface area contributed by atoms with Gasteiger partial charge in [0.05, 0.1) is 0 Å². The Kier molecular flexibility index (Phi) is 6.10. The SMILES string of the molecule is Cc1ccc([C@@]2(C)NC(=O)N(CC(=O)O[C@@H](C)C(=O)Nc3cccc(C)c3)C2=O)cc1. The predicted molar refractivity (Wildman–Crippen MR) is 114 cm³/mol. The fourth-order valence-corrected chi connectivity index (χ4v) is 3.31. The van der Waals surface area contributed by atoms with E-state index in [2.05, 4.69) is 10.6 Å². The zero-order chi connectivity index (χ0) is 22.8. The van der Waals surface area contributed by atoms with Crippen LogP contribution < -0.4 is 10.6 Å². The van der Waals surface area contributed by atoms with Gasteiger partial charge in [-0.05, 0) is 51.0 Å². The number of benzene rings is 2. The molecule has 0 saturated carbocycles. The Labute approximate surface area is 180 Å². The average Bonchev–Trinajstić information content (AvgIpc) is 2.92. The van der Waals surface area contributed by atoms with Crippen molar-refractivity contribution in [3.8, 4) is 0 Å². The van der Waals surface area contributed by atoms with Gasteiger partial charge in [-0.3, -0.25) is 19.3 Å². The first kappa shape index (κ1) is 22.0. The van der Waals surface area contributed by atoms with Gasteiger partial charge in [-0.2, -0.15) is 0 Å². The van der Waals surface area contributed by atoms with E-state index in [1.54, 1.807) is 37.3 Å². The molecule has 0 aliphatic carbocycles. The predicted octanol–water partition coefficient (Wildman–Crippen LogP) is 2.64. The summed E-state index contributed by atoms with van der Waals surface area (Å²) in [4.78, 5) is 50.7. The lowest BCUT2D eigenvalue weighted by atomic mass is 9.91. The lowest BCUT2D eigenvalue weighted by molar-refractivity contribution is -0.155. The highest BCUT2D eigenvalue weighted by atomic mass is 16.5. The van der Waals surface area contributed by atoms with Crippen molar-refractivity contribution in [1.29, 1.82) is 0 Å². The summed E-state index contributed by atoms with van der Waals surface area (Å²) in [5.74, 6) is -1.93. The zero-order valence-electron chi connectivity index (χ0n) is 17.9. The first-order valence-corrected chi connectivity index (χ1v) is 9.88. The third-order valence-electron chi connectivity index (χ3n) is 5.15. The molecule has 4 amide bonds. The largest absolute Gasteiger partial charge is 0.451 e. The number of hydrogen-bond acceptors (Lipinski definition) is 5. The summed E-state index contributed by atoms with van der Waals surface area (Å²) in [6.07, 6.45) is -1.10. The summed E-state index contributed by atoms with van der Waals surface area (Å²) >= 11 is 0. The number of anilines is 1. The van der Waals surface area contributed by atoms with Crippen molar-refractivity contribution < 1.29 is 23.9 Å². The van der Waals surface area contributed by atoms with Crippen molar-refractivity contribution in [1.82, 2.24) is 10.2 Å². The van der Waals surface area contributed by atoms with E-state index >= 15 is 0 Å². The molecule has 0 bridgehead atoms. The smallest absolute Gasteiger partial charge is 0.327 e. The Balaban J connectivity index is 1.62. The number of carbonyl (C=O) groups is 4. The molecule has 1 fully saturated rings. The summed E-state index contributed by atoms with van der Waals surface area (Å²) in [7, 11) is 0. The minimum Gasteiger partial charge on any atom is -0.451 e. The van der Waals surface area contributed by atoms with E-state index in [4.69, 9.17) is 4.74 Å². The number of urea groups is 1. The molecule has 3 rings (SSSR count). The van der Waals surface area contributed by atoms with Crippen LogP contribution in [0.25, 0.3) is 0 Å². The van der Waals surface area contributed by atoms with Crippen LogP contribution in [0.2, 0.25) is 0 Å². The third-order valence-corrected chi connectivity index (χ3v) is 5.15. The Morgan fingerprint density at radius 1 is 1.10 bits per heavy atom. The van der Waals surface area contributed by atoms with Crippen LogP contribution in [0.4, 0.5) is 10.5 Å². The Morgan fingerprint density at radius 3 is 2.42 bits per heavy atom. The van der Waals surface area contributed by atoms with Crippen LogP contribution in [-0.2, 0) is 24.7 Å². The van der Waals surface area contributed by atoms with E-state index in [1.807, 2.05) is 32.0 Å². The summed E-state index contributed by atoms with van der Waals surface area (Å²) in [6.45, 7) is 6.22. The van der Waals surface area contributed by atoms with Gasteiger partial charge in [-0.25, -0.2) is 4.79 Å². The molecule has 0 unspecified atom stereocenters. The van der Waals surface area contributed by atoms with Gasteiger partial charge >= 0.3 is 12.0 Å². The van der Waals surface area contributed by atoms with Gasteiger partial charge in [-0.15, -0.1) is 0 Å². The van der Waals surface area contributed by atoms with E-state index in [1.165, 1.54) is 6.92 Å². The molecular formula is C23H25N3O5. The molecule has 2 aromatic carbocycles. The highest BCUT2D eigenvalue weighted by Gasteiger charge is 2.49. The van der Waals surface area contributed by atoms with Gasteiger partial charge in [0.25, 0.3) is 11.8 Å². The molecule has 2 N–H and O–H groups in total. The van der Waals surface area contributed by atoms with Gasteiger partial charge in [0.15, 0.2) is 6.10 Å². The van der Waals surface area contributed by atoms with E-state index in [0.717, 1.165) is 16.0 Å². The van der Waals surface area contributed by atoms with Crippen LogP contribution in [0.15, 0.2) is 48.5 Å². The molecule has 0 spiro atoms.